The first-order valence-corrected chi connectivity index (χ1v) is 51.4. The lowest BCUT2D eigenvalue weighted by Crippen LogP contribution is -2.40. The molecule has 768 valence electrons. The van der Waals surface area contributed by atoms with Gasteiger partial charge in [0.25, 0.3) is 23.6 Å². The molecule has 0 aromatic carbocycles. The summed E-state index contributed by atoms with van der Waals surface area (Å²) in [7, 11) is 4.00. The Balaban J connectivity index is 0.000000355. The van der Waals surface area contributed by atoms with Gasteiger partial charge in [0.1, 0.15) is 44.4 Å². The predicted octanol–water partition coefficient (Wildman–Crippen LogP) is 19.6. The summed E-state index contributed by atoms with van der Waals surface area (Å²) in [5.74, 6) is 0.0171. The van der Waals surface area contributed by atoms with Crippen molar-refractivity contribution in [2.45, 2.75) is 324 Å². The summed E-state index contributed by atoms with van der Waals surface area (Å²) in [5.41, 5.74) is 12.8. The van der Waals surface area contributed by atoms with Crippen molar-refractivity contribution in [3.8, 4) is 0 Å². The van der Waals surface area contributed by atoms with E-state index in [-0.39, 0.29) is 70.4 Å². The summed E-state index contributed by atoms with van der Waals surface area (Å²) >= 11 is 0. The SMILES string of the molecule is CCCC[C@@H](CC)CN1C(=O)C2=C(C(=O)N(C[C@@H](CC)CCCC)/C2=c2/ccc(=C3C=C(C(C)(C)C)C(=O)C(C(C)(C)C)=C3)o2)/C1=c1\ccc(=C2C=C(C(C)(C)C)C(=O)C(C(C)(C)C)=C2)o1.CCCC[C@@H](CC)CN1C(=O)C2=C(C(=O)N(C[C@@H](CC)CCCC)/C2=c2/ccc(=C3C=C(C(C)(C)C)C(=O)C(C(C)(C)C)=C3)o2)/C1=c1\ccc(=C2C=C(C(C)(C)C)C(=O)C(C(C)(C)C)=C2)o1.CO.CO.CO.CO. The molecule has 4 amide bonds. The standard InChI is InChI=1S/2C58H78N2O6.4CH4O/c2*1-17-21-23-35(19-3)33-59-49(45-27-25-43(65-45)37-29-39(55(5,6)7)51(61)40(30-37)56(8,9)10)47-48(53(59)63)50(60(54(47)64)34-36(20-4)24-22-18-2)46-28-26-44(66-46)38-31-41(57(11,12)13)52(62)42(32-38)58(14,15)16;4*1-2/h2*25-32,35-36H,17-24,33-34H2,1-16H3;4*2H,1H3/b2*49-45-,50-46-;;;;/t2*35-,36+;;;;. The molecule has 0 fully saturated rings. The number of ketones is 4. The van der Waals surface area contributed by atoms with Crippen LogP contribution >= 0.6 is 0 Å². The largest absolute Gasteiger partial charge is 0.455 e. The molecule has 4 aromatic rings. The minimum absolute atomic E-state index is 0.0387. The number of unbranched alkanes of at least 4 members (excludes halogenated alkanes) is 4. The quantitative estimate of drug-likeness (QED) is 0.0507. The maximum atomic E-state index is 15.4. The highest BCUT2D eigenvalue weighted by Crippen LogP contribution is 2.49. The summed E-state index contributed by atoms with van der Waals surface area (Å²) in [6, 6.07) is 15.1. The van der Waals surface area contributed by atoms with E-state index in [2.05, 4.69) is 222 Å². The lowest BCUT2D eigenvalue weighted by Gasteiger charge is -2.31. The molecule has 4 aliphatic carbocycles. The molecule has 4 N–H and O–H groups in total. The maximum Gasteiger partial charge on any atom is 0.261 e. The van der Waals surface area contributed by atoms with E-state index in [0.717, 1.165) is 153 Å². The zero-order valence-electron chi connectivity index (χ0n) is 92.2. The molecule has 0 spiro atoms. The number of rotatable bonds is 24. The number of aliphatic hydroxyl groups excluding tert-OH is 4. The maximum absolute atomic E-state index is 15.4. The van der Waals surface area contributed by atoms with E-state index < -0.39 is 43.3 Å². The van der Waals surface area contributed by atoms with Crippen molar-refractivity contribution in [3.05, 3.63) is 207 Å². The van der Waals surface area contributed by atoms with Crippen LogP contribution in [0.4, 0.5) is 0 Å². The molecule has 0 unspecified atom stereocenters. The Labute approximate surface area is 836 Å². The Hall–Kier alpha value is -10.1. The molecular formula is C120H172N4O16. The summed E-state index contributed by atoms with van der Waals surface area (Å²) in [6.45, 7) is 68.3. The topological polar surface area (TPSA) is 283 Å². The summed E-state index contributed by atoms with van der Waals surface area (Å²) < 4.78 is 27.4. The Morgan fingerprint density at radius 3 is 0.486 bits per heavy atom. The fraction of sp³-hybridized carbons (Fsp3) is 0.567. The van der Waals surface area contributed by atoms with Crippen LogP contribution in [0.5, 0.6) is 0 Å². The highest BCUT2D eigenvalue weighted by Gasteiger charge is 2.54. The van der Waals surface area contributed by atoms with Crippen molar-refractivity contribution in [1.29, 1.82) is 0 Å². The van der Waals surface area contributed by atoms with Crippen LogP contribution in [0.3, 0.4) is 0 Å². The van der Waals surface area contributed by atoms with Crippen LogP contribution in [0.2, 0.25) is 0 Å². The van der Waals surface area contributed by atoms with Gasteiger partial charge in [0.05, 0.1) is 22.3 Å². The Bertz CT molecular complexity index is 5290. The second-order valence-corrected chi connectivity index (χ2v) is 46.5. The molecule has 0 radical (unpaired) electrons. The number of nitrogens with zero attached hydrogens (tertiary/aromatic N) is 4. The number of hydrogen-bond donors (Lipinski definition) is 4. The van der Waals surface area contributed by atoms with Crippen molar-refractivity contribution in [2.75, 3.05) is 54.6 Å². The Morgan fingerprint density at radius 1 is 0.229 bits per heavy atom. The van der Waals surface area contributed by atoms with E-state index >= 15 is 19.2 Å². The lowest BCUT2D eigenvalue weighted by molar-refractivity contribution is -0.125. The Morgan fingerprint density at radius 2 is 0.364 bits per heavy atom. The molecule has 0 saturated heterocycles. The zero-order chi connectivity index (χ0) is 106. The monoisotopic (exact) mass is 1930 g/mol. The van der Waals surface area contributed by atoms with E-state index in [1.54, 1.807) is 19.6 Å². The smallest absolute Gasteiger partial charge is 0.261 e. The predicted molar refractivity (Wildman–Crippen MR) is 566 cm³/mol. The highest BCUT2D eigenvalue weighted by atomic mass is 16.3. The van der Waals surface area contributed by atoms with Gasteiger partial charge in [-0.1, -0.05) is 299 Å². The van der Waals surface area contributed by atoms with Gasteiger partial charge in [0.15, 0.2) is 44.8 Å². The normalized spacial score (nSPS) is 19.4. The van der Waals surface area contributed by atoms with E-state index in [0.29, 0.717) is 159 Å². The molecule has 4 atom stereocenters. The number of carbonyl (C=O) groups is 8. The first kappa shape index (κ1) is 117. The summed E-state index contributed by atoms with van der Waals surface area (Å²) in [4.78, 5) is 125. The number of amides is 4. The van der Waals surface area contributed by atoms with Crippen molar-refractivity contribution in [3.63, 3.8) is 0 Å². The molecule has 12 rings (SSSR count). The highest BCUT2D eigenvalue weighted by molar-refractivity contribution is 6.32. The van der Waals surface area contributed by atoms with E-state index in [4.69, 9.17) is 38.1 Å². The average molecular weight is 1930 g/mol. The first-order valence-electron chi connectivity index (χ1n) is 51.4. The summed E-state index contributed by atoms with van der Waals surface area (Å²) in [5, 5.41) is 28.0. The van der Waals surface area contributed by atoms with Gasteiger partial charge in [-0.25, -0.2) is 0 Å². The number of aliphatic hydroxyl groups is 4. The van der Waals surface area contributed by atoms with Gasteiger partial charge in [0.2, 0.25) is 0 Å². The van der Waals surface area contributed by atoms with Crippen molar-refractivity contribution >= 4 is 91.8 Å². The van der Waals surface area contributed by atoms with Crippen LogP contribution in [-0.4, -0.2) is 141 Å². The fourth-order valence-electron chi connectivity index (χ4n) is 19.2. The van der Waals surface area contributed by atoms with E-state index in [9.17, 15) is 19.2 Å². The van der Waals surface area contributed by atoms with Crippen LogP contribution in [-0.2, 0) is 38.4 Å². The van der Waals surface area contributed by atoms with Gasteiger partial charge in [-0.15, -0.1) is 0 Å². The number of hydrogen-bond acceptors (Lipinski definition) is 16. The van der Waals surface area contributed by atoms with Crippen LogP contribution < -0.4 is 43.3 Å². The van der Waals surface area contributed by atoms with Crippen LogP contribution in [0.25, 0.3) is 45.1 Å². The van der Waals surface area contributed by atoms with Crippen LogP contribution in [0.15, 0.2) is 182 Å². The first-order chi connectivity index (χ1) is 65.5. The van der Waals surface area contributed by atoms with Gasteiger partial charge in [0, 0.05) is 121 Å². The van der Waals surface area contributed by atoms with Gasteiger partial charge in [-0.2, -0.15) is 0 Å². The van der Waals surface area contributed by atoms with Crippen molar-refractivity contribution in [1.82, 2.24) is 19.6 Å². The van der Waals surface area contributed by atoms with Gasteiger partial charge in [-0.05, 0) is 190 Å². The molecule has 8 aliphatic rings. The van der Waals surface area contributed by atoms with Gasteiger partial charge in [-0.3, -0.25) is 38.4 Å². The number of furan rings is 4. The van der Waals surface area contributed by atoms with Crippen LogP contribution in [0, 0.1) is 67.0 Å². The molecule has 0 saturated carbocycles. The fourth-order valence-corrected chi connectivity index (χ4v) is 19.2. The molecule has 140 heavy (non-hydrogen) atoms. The van der Waals surface area contributed by atoms with E-state index in [1.807, 2.05) is 97.1 Å². The third-order valence-corrected chi connectivity index (χ3v) is 27.6. The van der Waals surface area contributed by atoms with Crippen molar-refractivity contribution < 1.29 is 76.5 Å². The second kappa shape index (κ2) is 47.8. The number of Topliss-reactive ketones (excluding diaryl/α,β-unsaturated/α-hetero) is 4. The minimum Gasteiger partial charge on any atom is -0.455 e. The zero-order valence-corrected chi connectivity index (χ0v) is 92.2. The molecule has 0 bridgehead atoms. The van der Waals surface area contributed by atoms with Gasteiger partial charge >= 0.3 is 0 Å². The van der Waals surface area contributed by atoms with Gasteiger partial charge < -0.3 is 57.7 Å². The van der Waals surface area contributed by atoms with Crippen LogP contribution in [0.1, 0.15) is 324 Å². The number of carbonyl (C=O) groups excluding carboxylic acids is 8. The molecule has 20 nitrogen and oxygen atoms in total. The molecule has 8 heterocycles. The lowest BCUT2D eigenvalue weighted by atomic mass is 9.72. The Kier molecular flexibility index (Phi) is 39.9. The van der Waals surface area contributed by atoms with E-state index in [1.165, 1.54) is 0 Å². The summed E-state index contributed by atoms with van der Waals surface area (Å²) in [6.07, 6.45) is 31.1. The molecular weight excluding hydrogens is 1750 g/mol. The molecule has 20 heteroatoms. The second-order valence-electron chi connectivity index (χ2n) is 46.5. The molecule has 4 aromatic heterocycles. The molecule has 4 aliphatic heterocycles. The third kappa shape index (κ3) is 25.9. The average Bonchev–Trinajstić information content (AvgIpc) is 1.55. The number of allylic oxidation sites excluding steroid dienone is 16. The minimum atomic E-state index is -0.409. The third-order valence-electron chi connectivity index (χ3n) is 27.6. The van der Waals surface area contributed by atoms with Crippen molar-refractivity contribution in [2.24, 2.45) is 67.0 Å².